The molecule has 1 N–H and O–H groups in total. The van der Waals surface area contributed by atoms with Crippen molar-refractivity contribution in [2.24, 2.45) is 0 Å². The van der Waals surface area contributed by atoms with Gasteiger partial charge >= 0.3 is 0 Å². The summed E-state index contributed by atoms with van der Waals surface area (Å²) in [6.45, 7) is 6.16. The molecule has 0 saturated carbocycles. The standard InChI is InChI=1S/C13H19NO3/c1-9-5-6-12(10(2)7-9)13(15)14-17-11(3)8-16-4/h5-7,11H,8H2,1-4H3,(H,14,15). The third kappa shape index (κ3) is 4.17. The van der Waals surface area contributed by atoms with Crippen LogP contribution in [0.2, 0.25) is 0 Å². The van der Waals surface area contributed by atoms with Crippen molar-refractivity contribution in [1.82, 2.24) is 5.48 Å². The van der Waals surface area contributed by atoms with Crippen LogP contribution in [0.5, 0.6) is 0 Å². The van der Waals surface area contributed by atoms with Crippen molar-refractivity contribution in [2.45, 2.75) is 26.9 Å². The van der Waals surface area contributed by atoms with Gasteiger partial charge in [-0.15, -0.1) is 0 Å². The summed E-state index contributed by atoms with van der Waals surface area (Å²) in [5, 5.41) is 0. The van der Waals surface area contributed by atoms with Gasteiger partial charge in [0.05, 0.1) is 6.61 Å². The number of amides is 1. The topological polar surface area (TPSA) is 47.6 Å². The lowest BCUT2D eigenvalue weighted by molar-refractivity contribution is -0.0391. The number of hydrogen-bond donors (Lipinski definition) is 1. The first-order valence-electron chi connectivity index (χ1n) is 5.56. The minimum absolute atomic E-state index is 0.172. The molecule has 4 heteroatoms. The Labute approximate surface area is 102 Å². The third-order valence-electron chi connectivity index (χ3n) is 2.38. The van der Waals surface area contributed by atoms with Gasteiger partial charge in [-0.25, -0.2) is 5.48 Å². The Morgan fingerprint density at radius 3 is 2.71 bits per heavy atom. The van der Waals surface area contributed by atoms with Crippen molar-refractivity contribution in [2.75, 3.05) is 13.7 Å². The van der Waals surface area contributed by atoms with Crippen molar-refractivity contribution in [1.29, 1.82) is 0 Å². The molecule has 1 unspecified atom stereocenters. The monoisotopic (exact) mass is 237 g/mol. The number of carbonyl (C=O) groups excluding carboxylic acids is 1. The Hall–Kier alpha value is -1.39. The van der Waals surface area contributed by atoms with E-state index in [1.807, 2.05) is 32.9 Å². The normalized spacial score (nSPS) is 12.2. The fourth-order valence-corrected chi connectivity index (χ4v) is 1.55. The lowest BCUT2D eigenvalue weighted by Crippen LogP contribution is -2.30. The molecule has 1 rings (SSSR count). The first-order chi connectivity index (χ1) is 8.04. The van der Waals surface area contributed by atoms with Crippen LogP contribution in [0.25, 0.3) is 0 Å². The second-order valence-corrected chi connectivity index (χ2v) is 4.13. The number of rotatable bonds is 5. The highest BCUT2D eigenvalue weighted by atomic mass is 16.7. The smallest absolute Gasteiger partial charge is 0.275 e. The van der Waals surface area contributed by atoms with Crippen LogP contribution in [0.1, 0.15) is 28.4 Å². The van der Waals surface area contributed by atoms with E-state index in [9.17, 15) is 4.79 Å². The molecule has 4 nitrogen and oxygen atoms in total. The highest BCUT2D eigenvalue weighted by molar-refractivity contribution is 5.94. The molecule has 0 saturated heterocycles. The van der Waals surface area contributed by atoms with E-state index >= 15 is 0 Å². The predicted octanol–water partition coefficient (Wildman–Crippen LogP) is 2.00. The van der Waals surface area contributed by atoms with Crippen LogP contribution in [0.15, 0.2) is 18.2 Å². The van der Waals surface area contributed by atoms with Gasteiger partial charge in [-0.1, -0.05) is 17.7 Å². The first-order valence-corrected chi connectivity index (χ1v) is 5.56. The van der Waals surface area contributed by atoms with Crippen LogP contribution in [0, 0.1) is 13.8 Å². The molecule has 0 aliphatic heterocycles. The molecule has 0 bridgehead atoms. The quantitative estimate of drug-likeness (QED) is 0.797. The van der Waals surface area contributed by atoms with E-state index in [1.54, 1.807) is 13.2 Å². The molecule has 0 aliphatic rings. The van der Waals surface area contributed by atoms with Crippen molar-refractivity contribution < 1.29 is 14.4 Å². The van der Waals surface area contributed by atoms with Crippen LogP contribution in [-0.2, 0) is 9.57 Å². The van der Waals surface area contributed by atoms with Crippen molar-refractivity contribution >= 4 is 5.91 Å². The summed E-state index contributed by atoms with van der Waals surface area (Å²) in [6, 6.07) is 5.67. The van der Waals surface area contributed by atoms with Gasteiger partial charge in [-0.3, -0.25) is 9.63 Å². The van der Waals surface area contributed by atoms with Crippen molar-refractivity contribution in [3.63, 3.8) is 0 Å². The van der Waals surface area contributed by atoms with Gasteiger partial charge in [0.15, 0.2) is 0 Å². The number of benzene rings is 1. The van der Waals surface area contributed by atoms with Gasteiger partial charge in [0.2, 0.25) is 0 Å². The number of nitrogens with one attached hydrogen (secondary N) is 1. The second kappa shape index (κ2) is 6.37. The highest BCUT2D eigenvalue weighted by Crippen LogP contribution is 2.10. The molecule has 1 amide bonds. The van der Waals surface area contributed by atoms with Crippen molar-refractivity contribution in [3.05, 3.63) is 34.9 Å². The maximum atomic E-state index is 11.8. The highest BCUT2D eigenvalue weighted by Gasteiger charge is 2.10. The molecule has 0 aromatic heterocycles. The maximum Gasteiger partial charge on any atom is 0.275 e. The average molecular weight is 237 g/mol. The van der Waals surface area contributed by atoms with Crippen LogP contribution in [0.4, 0.5) is 0 Å². The van der Waals surface area contributed by atoms with E-state index in [1.165, 1.54) is 0 Å². The van der Waals surface area contributed by atoms with Crippen LogP contribution < -0.4 is 5.48 Å². The summed E-state index contributed by atoms with van der Waals surface area (Å²) < 4.78 is 4.90. The first kappa shape index (κ1) is 13.7. The maximum absolute atomic E-state index is 11.8. The zero-order valence-corrected chi connectivity index (χ0v) is 10.7. The largest absolute Gasteiger partial charge is 0.382 e. The molecular formula is C13H19NO3. The molecule has 0 heterocycles. The number of ether oxygens (including phenoxy) is 1. The zero-order chi connectivity index (χ0) is 12.8. The van der Waals surface area contributed by atoms with E-state index < -0.39 is 0 Å². The molecule has 1 aromatic carbocycles. The second-order valence-electron chi connectivity index (χ2n) is 4.13. The molecule has 0 spiro atoms. The average Bonchev–Trinajstić information content (AvgIpc) is 2.26. The molecule has 17 heavy (non-hydrogen) atoms. The van der Waals surface area contributed by atoms with E-state index in [0.717, 1.165) is 11.1 Å². The van der Waals surface area contributed by atoms with Crippen LogP contribution in [-0.4, -0.2) is 25.7 Å². The molecule has 1 atom stereocenters. The fourth-order valence-electron chi connectivity index (χ4n) is 1.55. The summed E-state index contributed by atoms with van der Waals surface area (Å²) in [7, 11) is 1.59. The molecule has 0 aliphatic carbocycles. The van der Waals surface area contributed by atoms with Gasteiger partial charge in [0.1, 0.15) is 6.10 Å². The Morgan fingerprint density at radius 2 is 2.12 bits per heavy atom. The molecule has 1 aromatic rings. The van der Waals surface area contributed by atoms with Gasteiger partial charge < -0.3 is 4.74 Å². The minimum Gasteiger partial charge on any atom is -0.382 e. The van der Waals surface area contributed by atoms with E-state index in [-0.39, 0.29) is 12.0 Å². The molecular weight excluding hydrogens is 218 g/mol. The van der Waals surface area contributed by atoms with Crippen molar-refractivity contribution in [3.8, 4) is 0 Å². The number of carbonyl (C=O) groups is 1. The lowest BCUT2D eigenvalue weighted by Gasteiger charge is -2.13. The third-order valence-corrected chi connectivity index (χ3v) is 2.38. The number of hydrogen-bond acceptors (Lipinski definition) is 3. The number of aryl methyl sites for hydroxylation is 2. The Balaban J connectivity index is 2.58. The SMILES string of the molecule is COCC(C)ONC(=O)c1ccc(C)cc1C. The van der Waals surface area contributed by atoms with Gasteiger partial charge in [0, 0.05) is 12.7 Å². The van der Waals surface area contributed by atoms with Crippen LogP contribution in [0.3, 0.4) is 0 Å². The Kier molecular flexibility index (Phi) is 5.12. The zero-order valence-electron chi connectivity index (χ0n) is 10.7. The Bertz CT molecular complexity index is 390. The predicted molar refractivity (Wildman–Crippen MR) is 65.8 cm³/mol. The van der Waals surface area contributed by atoms with E-state index in [0.29, 0.717) is 12.2 Å². The molecule has 0 fully saturated rings. The molecule has 0 radical (unpaired) electrons. The summed E-state index contributed by atoms with van der Waals surface area (Å²) in [6.07, 6.45) is -0.172. The lowest BCUT2D eigenvalue weighted by atomic mass is 10.1. The number of hydroxylamine groups is 1. The molecule has 94 valence electrons. The van der Waals surface area contributed by atoms with Gasteiger partial charge in [-0.2, -0.15) is 0 Å². The summed E-state index contributed by atoms with van der Waals surface area (Å²) in [4.78, 5) is 17.0. The minimum atomic E-state index is -0.231. The van der Waals surface area contributed by atoms with Gasteiger partial charge in [0.25, 0.3) is 5.91 Å². The summed E-state index contributed by atoms with van der Waals surface area (Å²) in [5.74, 6) is -0.231. The summed E-state index contributed by atoms with van der Waals surface area (Å²) >= 11 is 0. The summed E-state index contributed by atoms with van der Waals surface area (Å²) in [5.41, 5.74) is 5.12. The Morgan fingerprint density at radius 1 is 1.41 bits per heavy atom. The number of methoxy groups -OCH3 is 1. The van der Waals surface area contributed by atoms with Crippen LogP contribution >= 0.6 is 0 Å². The van der Waals surface area contributed by atoms with Gasteiger partial charge in [-0.05, 0) is 32.4 Å². The van der Waals surface area contributed by atoms with E-state index in [4.69, 9.17) is 9.57 Å². The fraction of sp³-hybridized carbons (Fsp3) is 0.462. The van der Waals surface area contributed by atoms with E-state index in [2.05, 4.69) is 5.48 Å².